The lowest BCUT2D eigenvalue weighted by Gasteiger charge is -2.25. The van der Waals surface area contributed by atoms with E-state index in [1.54, 1.807) is 6.33 Å². The highest BCUT2D eigenvalue weighted by molar-refractivity contribution is 5.76. The number of para-hydroxylation sites is 1. The standard InChI is InChI=1S/C22H28N6O/c1-17-15-18(2)28(25-17)14-12-22(29)26-13-6-9-20(26)10-11-21-24-23-16-27(21)19-7-4-3-5-8-19/h3-5,7-8,15-16,20H,6,9-14H2,1-2H3. The van der Waals surface area contributed by atoms with E-state index in [1.165, 1.54) is 0 Å². The van der Waals surface area contributed by atoms with Gasteiger partial charge in [0.25, 0.3) is 0 Å². The van der Waals surface area contributed by atoms with Crippen LogP contribution < -0.4 is 0 Å². The molecule has 1 amide bonds. The Labute approximate surface area is 171 Å². The van der Waals surface area contributed by atoms with Crippen molar-refractivity contribution in [1.29, 1.82) is 0 Å². The molecular weight excluding hydrogens is 364 g/mol. The van der Waals surface area contributed by atoms with Crippen molar-refractivity contribution in [2.45, 2.75) is 58.5 Å². The summed E-state index contributed by atoms with van der Waals surface area (Å²) < 4.78 is 3.96. The monoisotopic (exact) mass is 392 g/mol. The van der Waals surface area contributed by atoms with Crippen molar-refractivity contribution in [3.05, 3.63) is 59.9 Å². The minimum absolute atomic E-state index is 0.226. The van der Waals surface area contributed by atoms with Crippen LogP contribution >= 0.6 is 0 Å². The van der Waals surface area contributed by atoms with Crippen LogP contribution in [0.5, 0.6) is 0 Å². The van der Waals surface area contributed by atoms with E-state index in [0.29, 0.717) is 13.0 Å². The SMILES string of the molecule is Cc1cc(C)n(CCC(=O)N2CCCC2CCc2nncn2-c2ccccc2)n1. The largest absolute Gasteiger partial charge is 0.340 e. The summed E-state index contributed by atoms with van der Waals surface area (Å²) in [5.41, 5.74) is 3.17. The van der Waals surface area contributed by atoms with Gasteiger partial charge in [-0.05, 0) is 51.3 Å². The summed E-state index contributed by atoms with van der Waals surface area (Å²) in [6, 6.07) is 12.5. The molecule has 152 valence electrons. The van der Waals surface area contributed by atoms with Gasteiger partial charge in [0.2, 0.25) is 5.91 Å². The molecule has 1 unspecified atom stereocenters. The van der Waals surface area contributed by atoms with Crippen LogP contribution in [-0.4, -0.2) is 47.9 Å². The second-order valence-corrected chi connectivity index (χ2v) is 7.77. The molecule has 7 nitrogen and oxygen atoms in total. The molecule has 0 N–H and O–H groups in total. The fourth-order valence-corrected chi connectivity index (χ4v) is 4.24. The van der Waals surface area contributed by atoms with Crippen molar-refractivity contribution in [2.75, 3.05) is 6.54 Å². The molecule has 0 saturated carbocycles. The second-order valence-electron chi connectivity index (χ2n) is 7.77. The molecular formula is C22H28N6O. The molecule has 0 spiro atoms. The number of benzene rings is 1. The third kappa shape index (κ3) is 4.39. The van der Waals surface area contributed by atoms with E-state index in [-0.39, 0.29) is 11.9 Å². The zero-order valence-corrected chi connectivity index (χ0v) is 17.2. The van der Waals surface area contributed by atoms with E-state index in [0.717, 1.165) is 55.1 Å². The number of aryl methyl sites for hydroxylation is 4. The van der Waals surface area contributed by atoms with Crippen molar-refractivity contribution in [1.82, 2.24) is 29.4 Å². The summed E-state index contributed by atoms with van der Waals surface area (Å²) in [6.45, 7) is 5.51. The van der Waals surface area contributed by atoms with E-state index in [4.69, 9.17) is 0 Å². The van der Waals surface area contributed by atoms with Gasteiger partial charge in [0.1, 0.15) is 12.2 Å². The van der Waals surface area contributed by atoms with Crippen LogP contribution in [0.15, 0.2) is 42.7 Å². The number of hydrogen-bond donors (Lipinski definition) is 0. The first-order valence-electron chi connectivity index (χ1n) is 10.4. The summed E-state index contributed by atoms with van der Waals surface area (Å²) in [7, 11) is 0. The van der Waals surface area contributed by atoms with Crippen LogP contribution in [0.3, 0.4) is 0 Å². The quantitative estimate of drug-likeness (QED) is 0.620. The molecule has 0 bridgehead atoms. The summed E-state index contributed by atoms with van der Waals surface area (Å²) in [5.74, 6) is 1.17. The zero-order chi connectivity index (χ0) is 20.2. The maximum Gasteiger partial charge on any atom is 0.224 e. The Morgan fingerprint density at radius 3 is 2.79 bits per heavy atom. The average molecular weight is 393 g/mol. The van der Waals surface area contributed by atoms with Gasteiger partial charge in [-0.3, -0.25) is 14.0 Å². The van der Waals surface area contributed by atoms with Crippen LogP contribution in [-0.2, 0) is 17.8 Å². The van der Waals surface area contributed by atoms with Crippen LogP contribution in [0.4, 0.5) is 0 Å². The van der Waals surface area contributed by atoms with Gasteiger partial charge in [-0.1, -0.05) is 18.2 Å². The third-order valence-corrected chi connectivity index (χ3v) is 5.69. The maximum atomic E-state index is 12.8. The van der Waals surface area contributed by atoms with Crippen molar-refractivity contribution in [3.63, 3.8) is 0 Å². The number of rotatable bonds is 7. The zero-order valence-electron chi connectivity index (χ0n) is 17.2. The molecule has 2 aromatic heterocycles. The Kier molecular flexibility index (Phi) is 5.74. The van der Waals surface area contributed by atoms with Crippen molar-refractivity contribution >= 4 is 5.91 Å². The van der Waals surface area contributed by atoms with Gasteiger partial charge in [0, 0.05) is 43.4 Å². The first kappa shape index (κ1) is 19.4. The van der Waals surface area contributed by atoms with E-state index < -0.39 is 0 Å². The fourth-order valence-electron chi connectivity index (χ4n) is 4.24. The summed E-state index contributed by atoms with van der Waals surface area (Å²) in [6.07, 6.45) is 6.11. The van der Waals surface area contributed by atoms with E-state index in [9.17, 15) is 4.79 Å². The van der Waals surface area contributed by atoms with Crippen LogP contribution in [0.25, 0.3) is 5.69 Å². The number of carbonyl (C=O) groups is 1. The molecule has 0 aliphatic carbocycles. The minimum Gasteiger partial charge on any atom is -0.340 e. The average Bonchev–Trinajstić information content (AvgIpc) is 3.45. The number of amides is 1. The molecule has 1 fully saturated rings. The summed E-state index contributed by atoms with van der Waals surface area (Å²) >= 11 is 0. The number of aromatic nitrogens is 5. The number of hydrogen-bond acceptors (Lipinski definition) is 4. The molecule has 3 aromatic rings. The third-order valence-electron chi connectivity index (χ3n) is 5.69. The van der Waals surface area contributed by atoms with Crippen LogP contribution in [0.1, 0.15) is 42.9 Å². The molecule has 1 aliphatic heterocycles. The number of nitrogens with zero attached hydrogens (tertiary/aromatic N) is 6. The molecule has 1 atom stereocenters. The van der Waals surface area contributed by atoms with E-state index in [2.05, 4.69) is 32.3 Å². The lowest BCUT2D eigenvalue weighted by molar-refractivity contribution is -0.132. The second kappa shape index (κ2) is 8.59. The molecule has 1 saturated heterocycles. The van der Waals surface area contributed by atoms with Gasteiger partial charge in [0.05, 0.1) is 5.69 Å². The first-order chi connectivity index (χ1) is 14.1. The van der Waals surface area contributed by atoms with Gasteiger partial charge in [-0.2, -0.15) is 5.10 Å². The molecule has 1 aliphatic rings. The van der Waals surface area contributed by atoms with Gasteiger partial charge < -0.3 is 4.90 Å². The topological polar surface area (TPSA) is 68.8 Å². The number of likely N-dealkylation sites (tertiary alicyclic amines) is 1. The Hall–Kier alpha value is -2.96. The normalized spacial score (nSPS) is 16.5. The summed E-state index contributed by atoms with van der Waals surface area (Å²) in [4.78, 5) is 14.9. The molecule has 0 radical (unpaired) electrons. The predicted octanol–water partition coefficient (Wildman–Crippen LogP) is 3.09. The highest BCUT2D eigenvalue weighted by Gasteiger charge is 2.28. The van der Waals surface area contributed by atoms with E-state index >= 15 is 0 Å². The highest BCUT2D eigenvalue weighted by atomic mass is 16.2. The Bertz CT molecular complexity index is 961. The van der Waals surface area contributed by atoms with Crippen molar-refractivity contribution in [3.8, 4) is 5.69 Å². The Morgan fingerprint density at radius 2 is 2.03 bits per heavy atom. The lowest BCUT2D eigenvalue weighted by atomic mass is 10.1. The van der Waals surface area contributed by atoms with Crippen LogP contribution in [0.2, 0.25) is 0 Å². The number of carbonyl (C=O) groups excluding carboxylic acids is 1. The van der Waals surface area contributed by atoms with E-state index in [1.807, 2.05) is 47.4 Å². The van der Waals surface area contributed by atoms with Gasteiger partial charge in [-0.25, -0.2) is 0 Å². The molecule has 29 heavy (non-hydrogen) atoms. The first-order valence-corrected chi connectivity index (χ1v) is 10.4. The molecule has 7 heteroatoms. The fraction of sp³-hybridized carbons (Fsp3) is 0.455. The lowest BCUT2D eigenvalue weighted by Crippen LogP contribution is -2.36. The van der Waals surface area contributed by atoms with Gasteiger partial charge >= 0.3 is 0 Å². The van der Waals surface area contributed by atoms with Gasteiger partial charge in [-0.15, -0.1) is 10.2 Å². The van der Waals surface area contributed by atoms with Crippen molar-refractivity contribution < 1.29 is 4.79 Å². The highest BCUT2D eigenvalue weighted by Crippen LogP contribution is 2.23. The molecule has 1 aromatic carbocycles. The molecule has 3 heterocycles. The van der Waals surface area contributed by atoms with Crippen LogP contribution in [0, 0.1) is 13.8 Å². The maximum absolute atomic E-state index is 12.8. The minimum atomic E-state index is 0.226. The van der Waals surface area contributed by atoms with Crippen molar-refractivity contribution in [2.24, 2.45) is 0 Å². The Balaban J connectivity index is 1.35. The smallest absolute Gasteiger partial charge is 0.224 e. The Morgan fingerprint density at radius 1 is 1.21 bits per heavy atom. The molecule has 4 rings (SSSR count). The predicted molar refractivity (Wildman–Crippen MR) is 111 cm³/mol. The summed E-state index contributed by atoms with van der Waals surface area (Å²) in [5, 5.41) is 12.9. The van der Waals surface area contributed by atoms with Gasteiger partial charge in [0.15, 0.2) is 0 Å².